The summed E-state index contributed by atoms with van der Waals surface area (Å²) >= 11 is 0. The molecular weight excluding hydrogens is 146 g/mol. The quantitative estimate of drug-likeness (QED) is 0.530. The molecule has 68 valence electrons. The minimum atomic E-state index is 0.876. The van der Waals surface area contributed by atoms with Crippen molar-refractivity contribution in [2.45, 2.75) is 32.2 Å². The van der Waals surface area contributed by atoms with Crippen molar-refractivity contribution in [1.29, 1.82) is 0 Å². The lowest BCUT2D eigenvalue weighted by Crippen LogP contribution is -2.30. The second-order valence-electron chi connectivity index (χ2n) is 5.24. The summed E-state index contributed by atoms with van der Waals surface area (Å²) in [4.78, 5) is 2.57. The van der Waals surface area contributed by atoms with Crippen LogP contribution in [0.2, 0.25) is 0 Å². The van der Waals surface area contributed by atoms with E-state index in [1.54, 1.807) is 19.3 Å². The van der Waals surface area contributed by atoms with E-state index in [1.165, 1.54) is 6.54 Å². The minimum Gasteiger partial charge on any atom is -0.303 e. The third kappa shape index (κ3) is 0.736. The summed E-state index contributed by atoms with van der Waals surface area (Å²) in [5.41, 5.74) is 0. The van der Waals surface area contributed by atoms with Gasteiger partial charge in [-0.15, -0.1) is 0 Å². The van der Waals surface area contributed by atoms with Gasteiger partial charge >= 0.3 is 0 Å². The highest BCUT2D eigenvalue weighted by molar-refractivity contribution is 5.04. The van der Waals surface area contributed by atoms with Crippen molar-refractivity contribution in [3.63, 3.8) is 0 Å². The van der Waals surface area contributed by atoms with E-state index >= 15 is 0 Å². The Balaban J connectivity index is 1.83. The summed E-state index contributed by atoms with van der Waals surface area (Å²) in [5, 5.41) is 0. The molecule has 0 amide bonds. The fourth-order valence-electron chi connectivity index (χ4n) is 3.94. The predicted octanol–water partition coefficient (Wildman–Crippen LogP) is 1.98. The first kappa shape index (κ1) is 7.37. The molecule has 1 saturated heterocycles. The van der Waals surface area contributed by atoms with Crippen molar-refractivity contribution in [1.82, 2.24) is 4.90 Å². The molecule has 3 rings (SSSR count). The average molecular weight is 165 g/mol. The second kappa shape index (κ2) is 2.25. The number of rotatable bonds is 0. The van der Waals surface area contributed by atoms with E-state index in [0.29, 0.717) is 0 Å². The Morgan fingerprint density at radius 2 is 1.92 bits per heavy atom. The SMILES string of the molecule is C[C@@H]1[C@H]2CC3CCC3C2CN1C. The van der Waals surface area contributed by atoms with Crippen LogP contribution in [0.1, 0.15) is 26.2 Å². The van der Waals surface area contributed by atoms with Crippen LogP contribution in [0.3, 0.4) is 0 Å². The number of fused-ring (bicyclic) bond motifs is 3. The molecule has 1 aliphatic heterocycles. The molecule has 0 bridgehead atoms. The van der Waals surface area contributed by atoms with Crippen molar-refractivity contribution in [3.8, 4) is 0 Å². The standard InChI is InChI=1S/C11H19N/c1-7-10-5-8-3-4-9(8)11(10)6-12(7)2/h7-11H,3-6H2,1-2H3/t7-,8?,9?,10-,11?/m1/s1. The number of likely N-dealkylation sites (tertiary alicyclic amines) is 1. The summed E-state index contributed by atoms with van der Waals surface area (Å²) < 4.78 is 0. The van der Waals surface area contributed by atoms with Gasteiger partial charge in [0.1, 0.15) is 0 Å². The lowest BCUT2D eigenvalue weighted by Gasteiger charge is -2.34. The van der Waals surface area contributed by atoms with Crippen LogP contribution in [-0.2, 0) is 0 Å². The zero-order valence-electron chi connectivity index (χ0n) is 8.16. The molecule has 0 radical (unpaired) electrons. The van der Waals surface area contributed by atoms with Crippen LogP contribution in [-0.4, -0.2) is 24.5 Å². The van der Waals surface area contributed by atoms with Crippen LogP contribution in [0.5, 0.6) is 0 Å². The highest BCUT2D eigenvalue weighted by Crippen LogP contribution is 2.57. The third-order valence-corrected chi connectivity index (χ3v) is 4.96. The van der Waals surface area contributed by atoms with E-state index < -0.39 is 0 Å². The Labute approximate surface area is 75.1 Å². The molecule has 0 spiro atoms. The Morgan fingerprint density at radius 3 is 2.58 bits per heavy atom. The van der Waals surface area contributed by atoms with E-state index in [9.17, 15) is 0 Å². The zero-order valence-corrected chi connectivity index (χ0v) is 8.16. The van der Waals surface area contributed by atoms with Crippen LogP contribution in [0.15, 0.2) is 0 Å². The monoisotopic (exact) mass is 165 g/mol. The van der Waals surface area contributed by atoms with E-state index in [0.717, 1.165) is 29.7 Å². The van der Waals surface area contributed by atoms with Crippen LogP contribution in [0.4, 0.5) is 0 Å². The molecule has 5 atom stereocenters. The Kier molecular flexibility index (Phi) is 1.39. The Morgan fingerprint density at radius 1 is 1.08 bits per heavy atom. The van der Waals surface area contributed by atoms with Crippen LogP contribution >= 0.6 is 0 Å². The number of hydrogen-bond acceptors (Lipinski definition) is 1. The summed E-state index contributed by atoms with van der Waals surface area (Å²) in [6.45, 7) is 3.82. The minimum absolute atomic E-state index is 0.876. The molecule has 3 unspecified atom stereocenters. The molecule has 1 nitrogen and oxygen atoms in total. The highest BCUT2D eigenvalue weighted by atomic mass is 15.2. The van der Waals surface area contributed by atoms with Crippen molar-refractivity contribution < 1.29 is 0 Å². The van der Waals surface area contributed by atoms with Gasteiger partial charge in [-0.1, -0.05) is 0 Å². The molecule has 12 heavy (non-hydrogen) atoms. The molecule has 1 heteroatoms. The van der Waals surface area contributed by atoms with E-state index in [1.807, 2.05) is 0 Å². The van der Waals surface area contributed by atoms with Gasteiger partial charge in [-0.05, 0) is 56.9 Å². The summed E-state index contributed by atoms with van der Waals surface area (Å²) in [6.07, 6.45) is 4.65. The molecule has 3 fully saturated rings. The fraction of sp³-hybridized carbons (Fsp3) is 1.00. The van der Waals surface area contributed by atoms with Crippen molar-refractivity contribution >= 4 is 0 Å². The fourth-order valence-corrected chi connectivity index (χ4v) is 3.94. The first-order valence-corrected chi connectivity index (χ1v) is 5.47. The van der Waals surface area contributed by atoms with Gasteiger partial charge in [-0.3, -0.25) is 0 Å². The van der Waals surface area contributed by atoms with Gasteiger partial charge in [0.15, 0.2) is 0 Å². The Bertz CT molecular complexity index is 189. The third-order valence-electron chi connectivity index (χ3n) is 4.96. The zero-order chi connectivity index (χ0) is 8.29. The van der Waals surface area contributed by atoms with Gasteiger partial charge in [0.25, 0.3) is 0 Å². The Hall–Kier alpha value is -0.0400. The van der Waals surface area contributed by atoms with Crippen LogP contribution in [0.25, 0.3) is 0 Å². The van der Waals surface area contributed by atoms with Crippen LogP contribution in [0, 0.1) is 23.7 Å². The smallest absolute Gasteiger partial charge is 0.00955 e. The van der Waals surface area contributed by atoms with Gasteiger partial charge in [0.2, 0.25) is 0 Å². The maximum atomic E-state index is 2.57. The lowest BCUT2D eigenvalue weighted by atomic mass is 9.73. The van der Waals surface area contributed by atoms with Crippen molar-refractivity contribution in [2.75, 3.05) is 13.6 Å². The maximum absolute atomic E-state index is 2.57. The van der Waals surface area contributed by atoms with Crippen molar-refractivity contribution in [3.05, 3.63) is 0 Å². The van der Waals surface area contributed by atoms with E-state index in [2.05, 4.69) is 18.9 Å². The second-order valence-corrected chi connectivity index (χ2v) is 5.24. The molecule has 0 aromatic heterocycles. The number of hydrogen-bond donors (Lipinski definition) is 0. The van der Waals surface area contributed by atoms with E-state index in [4.69, 9.17) is 0 Å². The summed E-state index contributed by atoms with van der Waals surface area (Å²) in [6, 6.07) is 0.876. The predicted molar refractivity (Wildman–Crippen MR) is 49.9 cm³/mol. The van der Waals surface area contributed by atoms with Crippen molar-refractivity contribution in [2.24, 2.45) is 23.7 Å². The van der Waals surface area contributed by atoms with E-state index in [-0.39, 0.29) is 0 Å². The molecule has 3 aliphatic rings. The molecule has 0 N–H and O–H groups in total. The summed E-state index contributed by atoms with van der Waals surface area (Å²) in [7, 11) is 2.30. The molecule has 1 heterocycles. The van der Waals surface area contributed by atoms with Gasteiger partial charge < -0.3 is 4.90 Å². The highest BCUT2D eigenvalue weighted by Gasteiger charge is 2.53. The van der Waals surface area contributed by atoms with Gasteiger partial charge in [-0.2, -0.15) is 0 Å². The molecule has 0 aromatic carbocycles. The maximum Gasteiger partial charge on any atom is 0.00955 e. The normalized spacial score (nSPS) is 58.0. The molecule has 0 aromatic rings. The van der Waals surface area contributed by atoms with Gasteiger partial charge in [-0.25, -0.2) is 0 Å². The largest absolute Gasteiger partial charge is 0.303 e. The topological polar surface area (TPSA) is 3.24 Å². The molecule has 2 aliphatic carbocycles. The van der Waals surface area contributed by atoms with Gasteiger partial charge in [0.05, 0.1) is 0 Å². The first-order valence-electron chi connectivity index (χ1n) is 5.47. The van der Waals surface area contributed by atoms with Gasteiger partial charge in [0, 0.05) is 12.6 Å². The van der Waals surface area contributed by atoms with Crippen LogP contribution < -0.4 is 0 Å². The average Bonchev–Trinajstić information content (AvgIpc) is 2.35. The number of nitrogens with zero attached hydrogens (tertiary/aromatic N) is 1. The lowest BCUT2D eigenvalue weighted by molar-refractivity contribution is 0.156. The first-order chi connectivity index (χ1) is 5.77. The molecule has 2 saturated carbocycles. The summed E-state index contributed by atoms with van der Waals surface area (Å²) in [5.74, 6) is 4.44. The molecular formula is C11H19N.